The molecule has 1 aromatic carbocycles. The Balaban J connectivity index is 2.86. The van der Waals surface area contributed by atoms with Gasteiger partial charge in [-0.05, 0) is 38.9 Å². The van der Waals surface area contributed by atoms with Crippen molar-refractivity contribution in [2.24, 2.45) is 5.41 Å². The van der Waals surface area contributed by atoms with Crippen LogP contribution in [-0.2, 0) is 4.79 Å². The third-order valence-electron chi connectivity index (χ3n) is 3.91. The highest BCUT2D eigenvalue weighted by Gasteiger charge is 2.33. The number of nitrogens with zero attached hydrogens (tertiary/aromatic N) is 1. The molecule has 1 N–H and O–H groups in total. The molecule has 1 rings (SSSR count). The van der Waals surface area contributed by atoms with E-state index in [1.807, 2.05) is 50.1 Å². The van der Waals surface area contributed by atoms with E-state index in [-0.39, 0.29) is 6.04 Å². The maximum Gasteiger partial charge on any atom is 0.310 e. The summed E-state index contributed by atoms with van der Waals surface area (Å²) < 4.78 is 0. The van der Waals surface area contributed by atoms with Crippen LogP contribution >= 0.6 is 11.6 Å². The highest BCUT2D eigenvalue weighted by Crippen LogP contribution is 2.30. The first-order valence-corrected chi connectivity index (χ1v) is 6.87. The zero-order valence-electron chi connectivity index (χ0n) is 12.0. The van der Waals surface area contributed by atoms with Gasteiger partial charge in [0, 0.05) is 17.6 Å². The maximum absolute atomic E-state index is 11.4. The lowest BCUT2D eigenvalue weighted by Gasteiger charge is -2.33. The lowest BCUT2D eigenvalue weighted by Crippen LogP contribution is -2.40. The minimum Gasteiger partial charge on any atom is -0.481 e. The van der Waals surface area contributed by atoms with Gasteiger partial charge in [-0.2, -0.15) is 0 Å². The zero-order valence-corrected chi connectivity index (χ0v) is 12.7. The minimum absolute atomic E-state index is 0.0823. The van der Waals surface area contributed by atoms with E-state index in [1.54, 1.807) is 6.92 Å². The van der Waals surface area contributed by atoms with Gasteiger partial charge in [0.05, 0.1) is 5.41 Å². The molecule has 106 valence electrons. The van der Waals surface area contributed by atoms with Crippen LogP contribution in [0.3, 0.4) is 0 Å². The van der Waals surface area contributed by atoms with Crippen LogP contribution in [0.15, 0.2) is 24.3 Å². The number of hydrogen-bond donors (Lipinski definition) is 1. The average molecular weight is 284 g/mol. The summed E-state index contributed by atoms with van der Waals surface area (Å²) in [6.07, 6.45) is 0.599. The third-order valence-corrected chi connectivity index (χ3v) is 4.26. The SMILES string of the molecule is CCC(C)(CN(C)C(C)c1ccccc1Cl)C(=O)O. The molecule has 0 aliphatic heterocycles. The first-order valence-electron chi connectivity index (χ1n) is 6.50. The lowest BCUT2D eigenvalue weighted by molar-refractivity contribution is -0.149. The number of carboxylic acid groups (broad SMARTS) is 1. The van der Waals surface area contributed by atoms with E-state index in [1.165, 1.54) is 0 Å². The van der Waals surface area contributed by atoms with E-state index in [2.05, 4.69) is 0 Å². The van der Waals surface area contributed by atoms with Gasteiger partial charge in [0.2, 0.25) is 0 Å². The maximum atomic E-state index is 11.4. The number of hydrogen-bond acceptors (Lipinski definition) is 2. The predicted octanol–water partition coefficient (Wildman–Crippen LogP) is 3.83. The molecule has 0 heterocycles. The standard InChI is InChI=1S/C15H22ClNO2/c1-5-15(3,14(18)19)10-17(4)11(2)12-8-6-7-9-13(12)16/h6-9,11H,5,10H2,1-4H3,(H,18,19). The Bertz CT molecular complexity index is 450. The second-order valence-electron chi connectivity index (χ2n) is 5.33. The third kappa shape index (κ3) is 3.71. The smallest absolute Gasteiger partial charge is 0.310 e. The molecule has 0 aliphatic carbocycles. The largest absolute Gasteiger partial charge is 0.481 e. The first kappa shape index (κ1) is 16.0. The van der Waals surface area contributed by atoms with Crippen molar-refractivity contribution in [3.8, 4) is 0 Å². The van der Waals surface area contributed by atoms with E-state index in [0.29, 0.717) is 13.0 Å². The molecule has 3 nitrogen and oxygen atoms in total. The fourth-order valence-corrected chi connectivity index (χ4v) is 2.36. The summed E-state index contributed by atoms with van der Waals surface area (Å²) in [5.41, 5.74) is 0.292. The number of carboxylic acids is 1. The number of carbonyl (C=O) groups is 1. The molecule has 0 radical (unpaired) electrons. The quantitative estimate of drug-likeness (QED) is 0.862. The summed E-state index contributed by atoms with van der Waals surface area (Å²) in [5.74, 6) is -0.756. The molecule has 2 atom stereocenters. The number of halogens is 1. The Hall–Kier alpha value is -1.06. The van der Waals surface area contributed by atoms with Crippen LogP contribution in [0, 0.1) is 5.41 Å². The fraction of sp³-hybridized carbons (Fsp3) is 0.533. The summed E-state index contributed by atoms with van der Waals surface area (Å²) in [6, 6.07) is 7.76. The molecule has 0 aromatic heterocycles. The average Bonchev–Trinajstić information content (AvgIpc) is 2.38. The van der Waals surface area contributed by atoms with Crippen molar-refractivity contribution >= 4 is 17.6 Å². The second-order valence-corrected chi connectivity index (χ2v) is 5.74. The monoisotopic (exact) mass is 283 g/mol. The molecule has 19 heavy (non-hydrogen) atoms. The summed E-state index contributed by atoms with van der Waals surface area (Å²) >= 11 is 6.19. The first-order chi connectivity index (χ1) is 8.81. The molecule has 0 saturated carbocycles. The Morgan fingerprint density at radius 3 is 2.53 bits per heavy atom. The van der Waals surface area contributed by atoms with E-state index >= 15 is 0 Å². The molecule has 0 saturated heterocycles. The van der Waals surface area contributed by atoms with Crippen molar-refractivity contribution in [1.29, 1.82) is 0 Å². The van der Waals surface area contributed by atoms with Crippen molar-refractivity contribution < 1.29 is 9.90 Å². The molecule has 0 spiro atoms. The molecular formula is C15H22ClNO2. The van der Waals surface area contributed by atoms with Crippen LogP contribution in [0.4, 0.5) is 0 Å². The second kappa shape index (κ2) is 6.40. The van der Waals surface area contributed by atoms with Crippen molar-refractivity contribution in [2.45, 2.75) is 33.2 Å². The van der Waals surface area contributed by atoms with Gasteiger partial charge < -0.3 is 5.11 Å². The Morgan fingerprint density at radius 1 is 1.47 bits per heavy atom. The van der Waals surface area contributed by atoms with Crippen molar-refractivity contribution in [2.75, 3.05) is 13.6 Å². The van der Waals surface area contributed by atoms with Gasteiger partial charge in [-0.3, -0.25) is 9.69 Å². The van der Waals surface area contributed by atoms with Gasteiger partial charge in [0.15, 0.2) is 0 Å². The molecule has 0 aliphatic rings. The highest BCUT2D eigenvalue weighted by molar-refractivity contribution is 6.31. The van der Waals surface area contributed by atoms with Crippen LogP contribution in [0.2, 0.25) is 5.02 Å². The van der Waals surface area contributed by atoms with Gasteiger partial charge in [-0.1, -0.05) is 36.7 Å². The van der Waals surface area contributed by atoms with Gasteiger partial charge in [-0.25, -0.2) is 0 Å². The van der Waals surface area contributed by atoms with Crippen LogP contribution < -0.4 is 0 Å². The van der Waals surface area contributed by atoms with E-state index in [0.717, 1.165) is 10.6 Å². The van der Waals surface area contributed by atoms with Gasteiger partial charge in [-0.15, -0.1) is 0 Å². The molecule has 0 bridgehead atoms. The van der Waals surface area contributed by atoms with Crippen LogP contribution in [0.1, 0.15) is 38.8 Å². The van der Waals surface area contributed by atoms with Gasteiger partial charge in [0.1, 0.15) is 0 Å². The zero-order chi connectivity index (χ0) is 14.6. The molecule has 2 unspecified atom stereocenters. The van der Waals surface area contributed by atoms with E-state index in [4.69, 9.17) is 11.6 Å². The summed E-state index contributed by atoms with van der Waals surface area (Å²) in [7, 11) is 1.94. The summed E-state index contributed by atoms with van der Waals surface area (Å²) in [4.78, 5) is 13.4. The Labute approximate surface area is 120 Å². The van der Waals surface area contributed by atoms with Crippen molar-refractivity contribution in [3.05, 3.63) is 34.9 Å². The fourth-order valence-electron chi connectivity index (χ4n) is 2.07. The molecule has 4 heteroatoms. The number of benzene rings is 1. The minimum atomic E-state index is -0.756. The lowest BCUT2D eigenvalue weighted by atomic mass is 9.86. The van der Waals surface area contributed by atoms with Gasteiger partial charge in [0.25, 0.3) is 0 Å². The highest BCUT2D eigenvalue weighted by atomic mass is 35.5. The molecule has 1 aromatic rings. The molecule has 0 amide bonds. The molecular weight excluding hydrogens is 262 g/mol. The topological polar surface area (TPSA) is 40.5 Å². The Kier molecular flexibility index (Phi) is 5.39. The van der Waals surface area contributed by atoms with Crippen LogP contribution in [0.5, 0.6) is 0 Å². The van der Waals surface area contributed by atoms with Gasteiger partial charge >= 0.3 is 5.97 Å². The van der Waals surface area contributed by atoms with Crippen LogP contribution in [-0.4, -0.2) is 29.6 Å². The number of rotatable bonds is 6. The molecule has 0 fully saturated rings. The van der Waals surface area contributed by atoms with E-state index < -0.39 is 11.4 Å². The summed E-state index contributed by atoms with van der Waals surface area (Å²) in [6.45, 7) is 6.22. The normalized spacial score (nSPS) is 16.1. The summed E-state index contributed by atoms with van der Waals surface area (Å²) in [5, 5.41) is 10.1. The van der Waals surface area contributed by atoms with Crippen molar-refractivity contribution in [3.63, 3.8) is 0 Å². The van der Waals surface area contributed by atoms with Crippen LogP contribution in [0.25, 0.3) is 0 Å². The van der Waals surface area contributed by atoms with E-state index in [9.17, 15) is 9.90 Å². The Morgan fingerprint density at radius 2 is 2.05 bits per heavy atom. The van der Waals surface area contributed by atoms with Crippen molar-refractivity contribution in [1.82, 2.24) is 4.90 Å². The predicted molar refractivity (Wildman–Crippen MR) is 78.5 cm³/mol. The number of aliphatic carboxylic acids is 1.